The molecule has 0 saturated heterocycles. The van der Waals surface area contributed by atoms with E-state index in [-0.39, 0.29) is 5.41 Å². The van der Waals surface area contributed by atoms with Crippen molar-refractivity contribution in [3.8, 4) is 45.0 Å². The monoisotopic (exact) mass is 566 g/mol. The molecule has 44 heavy (non-hydrogen) atoms. The Morgan fingerprint density at radius 3 is 1.36 bits per heavy atom. The largest absolute Gasteiger partial charge is 0.255 e. The summed E-state index contributed by atoms with van der Waals surface area (Å²) in [6, 6.07) is 36.4. The molecule has 4 nitrogen and oxygen atoms in total. The van der Waals surface area contributed by atoms with Gasteiger partial charge in [0.1, 0.15) is 0 Å². The van der Waals surface area contributed by atoms with E-state index in [1.807, 2.05) is 48.8 Å². The van der Waals surface area contributed by atoms with E-state index in [1.165, 1.54) is 37.9 Å². The topological polar surface area (TPSA) is 51.6 Å². The van der Waals surface area contributed by atoms with Gasteiger partial charge in [-0.2, -0.15) is 0 Å². The van der Waals surface area contributed by atoms with Gasteiger partial charge in [-0.25, -0.2) is 0 Å². The molecule has 0 fully saturated rings. The van der Waals surface area contributed by atoms with E-state index in [0.717, 1.165) is 45.0 Å². The van der Waals surface area contributed by atoms with Crippen LogP contribution >= 0.6 is 0 Å². The molecule has 0 aliphatic heterocycles. The van der Waals surface area contributed by atoms with Crippen LogP contribution in [0.25, 0.3) is 77.3 Å². The summed E-state index contributed by atoms with van der Waals surface area (Å²) in [5, 5.41) is 7.54. The lowest BCUT2D eigenvalue weighted by atomic mass is 9.81. The zero-order valence-electron chi connectivity index (χ0n) is 24.9. The van der Waals surface area contributed by atoms with Gasteiger partial charge in [0.05, 0.1) is 22.8 Å². The van der Waals surface area contributed by atoms with Crippen LogP contribution in [0.5, 0.6) is 0 Å². The first-order chi connectivity index (χ1) is 21.4. The third kappa shape index (κ3) is 4.38. The highest BCUT2D eigenvalue weighted by molar-refractivity contribution is 6.28. The van der Waals surface area contributed by atoms with E-state index in [9.17, 15) is 0 Å². The fourth-order valence-electron chi connectivity index (χ4n) is 6.26. The van der Waals surface area contributed by atoms with Crippen molar-refractivity contribution in [3.05, 3.63) is 133 Å². The van der Waals surface area contributed by atoms with Gasteiger partial charge in [0.25, 0.3) is 0 Å². The number of hydrogen-bond donors (Lipinski definition) is 0. The van der Waals surface area contributed by atoms with Gasteiger partial charge in [0, 0.05) is 35.9 Å². The standard InChI is InChI=1S/C40H30N4/c1-40(2,3)29-20-25-10-14-30-32(27-12-16-36(43-23-27)34-8-4-6-18-41-34)22-33(31-15-11-26(21-29)38(25)39(30)31)28-13-17-37(44-24-28)35-9-5-7-19-42-35/h4-24H,1-3H3. The molecule has 8 aromatic rings. The van der Waals surface area contributed by atoms with Crippen molar-refractivity contribution in [1.29, 1.82) is 0 Å². The number of aromatic nitrogens is 4. The minimum atomic E-state index is 0.0584. The summed E-state index contributed by atoms with van der Waals surface area (Å²) in [5.41, 5.74) is 9.27. The van der Waals surface area contributed by atoms with Crippen molar-refractivity contribution in [2.24, 2.45) is 0 Å². The van der Waals surface area contributed by atoms with Gasteiger partial charge in [-0.05, 0) is 96.9 Å². The number of benzene rings is 4. The van der Waals surface area contributed by atoms with E-state index < -0.39 is 0 Å². The van der Waals surface area contributed by atoms with Crippen molar-refractivity contribution in [1.82, 2.24) is 19.9 Å². The van der Waals surface area contributed by atoms with Crippen molar-refractivity contribution >= 4 is 32.3 Å². The van der Waals surface area contributed by atoms with E-state index in [1.54, 1.807) is 12.4 Å². The SMILES string of the molecule is CC(C)(C)c1cc2ccc3c(-c4ccc(-c5ccccn5)nc4)cc(-c4ccc(-c5ccccn5)nc4)c4ccc(c1)c2c34. The minimum absolute atomic E-state index is 0.0584. The predicted molar refractivity (Wildman–Crippen MR) is 182 cm³/mol. The molecule has 0 amide bonds. The lowest BCUT2D eigenvalue weighted by Crippen LogP contribution is -2.10. The first-order valence-electron chi connectivity index (χ1n) is 15.0. The molecular weight excluding hydrogens is 536 g/mol. The van der Waals surface area contributed by atoms with Crippen LogP contribution in [0, 0.1) is 0 Å². The summed E-state index contributed by atoms with van der Waals surface area (Å²) < 4.78 is 0. The van der Waals surface area contributed by atoms with Gasteiger partial charge in [-0.15, -0.1) is 0 Å². The van der Waals surface area contributed by atoms with E-state index in [0.29, 0.717) is 0 Å². The Hall–Kier alpha value is -5.48. The predicted octanol–water partition coefficient (Wildman–Crippen LogP) is 10.1. The van der Waals surface area contributed by atoms with Gasteiger partial charge >= 0.3 is 0 Å². The first kappa shape index (κ1) is 26.2. The molecule has 0 aliphatic carbocycles. The van der Waals surface area contributed by atoms with Gasteiger partial charge in [-0.3, -0.25) is 19.9 Å². The summed E-state index contributed by atoms with van der Waals surface area (Å²) in [4.78, 5) is 18.7. The zero-order chi connectivity index (χ0) is 29.8. The number of rotatable bonds is 4. The normalized spacial score (nSPS) is 12.0. The Labute approximate surface area is 256 Å². The van der Waals surface area contributed by atoms with Crippen LogP contribution in [-0.4, -0.2) is 19.9 Å². The molecule has 0 aliphatic rings. The molecule has 0 N–H and O–H groups in total. The molecule has 4 aromatic carbocycles. The van der Waals surface area contributed by atoms with Gasteiger partial charge < -0.3 is 0 Å². The molecule has 210 valence electrons. The third-order valence-electron chi connectivity index (χ3n) is 8.59. The Morgan fingerprint density at radius 1 is 0.455 bits per heavy atom. The van der Waals surface area contributed by atoms with Crippen LogP contribution in [0.15, 0.2) is 128 Å². The zero-order valence-corrected chi connectivity index (χ0v) is 24.9. The van der Waals surface area contributed by atoms with Crippen molar-refractivity contribution < 1.29 is 0 Å². The Morgan fingerprint density at radius 2 is 0.955 bits per heavy atom. The minimum Gasteiger partial charge on any atom is -0.255 e. The fraction of sp³-hybridized carbons (Fsp3) is 0.100. The molecule has 0 radical (unpaired) electrons. The maximum absolute atomic E-state index is 4.84. The number of hydrogen-bond acceptors (Lipinski definition) is 4. The second-order valence-corrected chi connectivity index (χ2v) is 12.4. The molecule has 0 saturated carbocycles. The lowest BCUT2D eigenvalue weighted by molar-refractivity contribution is 0.591. The van der Waals surface area contributed by atoms with E-state index in [2.05, 4.69) is 97.5 Å². The summed E-state index contributed by atoms with van der Waals surface area (Å²) >= 11 is 0. The van der Waals surface area contributed by atoms with Crippen LogP contribution in [-0.2, 0) is 5.41 Å². The average Bonchev–Trinajstić information content (AvgIpc) is 3.07. The maximum atomic E-state index is 4.84. The van der Waals surface area contributed by atoms with Crippen LogP contribution in [0.3, 0.4) is 0 Å². The molecule has 4 aromatic heterocycles. The molecular formula is C40H30N4. The second-order valence-electron chi connectivity index (χ2n) is 12.4. The van der Waals surface area contributed by atoms with E-state index in [4.69, 9.17) is 9.97 Å². The van der Waals surface area contributed by atoms with Crippen molar-refractivity contribution in [2.75, 3.05) is 0 Å². The lowest BCUT2D eigenvalue weighted by Gasteiger charge is -2.23. The summed E-state index contributed by atoms with van der Waals surface area (Å²) in [5.74, 6) is 0. The van der Waals surface area contributed by atoms with E-state index >= 15 is 0 Å². The Balaban J connectivity index is 1.37. The van der Waals surface area contributed by atoms with Gasteiger partial charge in [0.15, 0.2) is 0 Å². The molecule has 4 heteroatoms. The first-order valence-corrected chi connectivity index (χ1v) is 15.0. The third-order valence-corrected chi connectivity index (χ3v) is 8.59. The summed E-state index contributed by atoms with van der Waals surface area (Å²) in [7, 11) is 0. The molecule has 0 bridgehead atoms. The number of nitrogens with zero attached hydrogens (tertiary/aromatic N) is 4. The van der Waals surface area contributed by atoms with Crippen LogP contribution < -0.4 is 0 Å². The summed E-state index contributed by atoms with van der Waals surface area (Å²) in [6.07, 6.45) is 7.55. The Bertz CT molecular complexity index is 2120. The van der Waals surface area contributed by atoms with Crippen LogP contribution in [0.1, 0.15) is 26.3 Å². The van der Waals surface area contributed by atoms with Crippen molar-refractivity contribution in [3.63, 3.8) is 0 Å². The molecule has 0 spiro atoms. The fourth-order valence-corrected chi connectivity index (χ4v) is 6.26. The van der Waals surface area contributed by atoms with Crippen molar-refractivity contribution in [2.45, 2.75) is 26.2 Å². The van der Waals surface area contributed by atoms with Crippen LogP contribution in [0.4, 0.5) is 0 Å². The molecule has 0 atom stereocenters. The van der Waals surface area contributed by atoms with Gasteiger partial charge in [-0.1, -0.05) is 81.4 Å². The highest BCUT2D eigenvalue weighted by Crippen LogP contribution is 2.45. The highest BCUT2D eigenvalue weighted by Gasteiger charge is 2.20. The van der Waals surface area contributed by atoms with Gasteiger partial charge in [0.2, 0.25) is 0 Å². The average molecular weight is 567 g/mol. The molecule has 0 unspecified atom stereocenters. The second kappa shape index (κ2) is 10.1. The molecule has 4 heterocycles. The molecule has 8 rings (SSSR count). The maximum Gasteiger partial charge on any atom is 0.0886 e. The smallest absolute Gasteiger partial charge is 0.0886 e. The summed E-state index contributed by atoms with van der Waals surface area (Å²) in [6.45, 7) is 6.83. The van der Waals surface area contributed by atoms with Crippen LogP contribution in [0.2, 0.25) is 0 Å². The Kier molecular flexibility index (Phi) is 5.98. The highest BCUT2D eigenvalue weighted by atomic mass is 14.8. The number of pyridine rings is 4. The quantitative estimate of drug-likeness (QED) is 0.199.